The van der Waals surface area contributed by atoms with E-state index in [0.29, 0.717) is 0 Å². The quantitative estimate of drug-likeness (QED) is 0.722. The third-order valence-corrected chi connectivity index (χ3v) is 4.15. The monoisotopic (exact) mass is 316 g/mol. The molecule has 0 saturated carbocycles. The van der Waals surface area contributed by atoms with E-state index < -0.39 is 0 Å². The molecule has 2 aromatic rings. The first-order valence-electron chi connectivity index (χ1n) is 8.11. The van der Waals surface area contributed by atoms with E-state index in [1.54, 1.807) is 0 Å². The number of amides is 1. The van der Waals surface area contributed by atoms with Gasteiger partial charge in [-0.25, -0.2) is 9.13 Å². The highest BCUT2D eigenvalue weighted by Gasteiger charge is 2.18. The SMILES string of the molecule is CCC(C)[C@@H](CO)NC(=O)Cn1cc[n+](Cc2ccccc2)c1. The van der Waals surface area contributed by atoms with Crippen LogP contribution >= 0.6 is 0 Å². The Morgan fingerprint density at radius 1 is 1.35 bits per heavy atom. The molecular weight excluding hydrogens is 290 g/mol. The second kappa shape index (κ2) is 8.48. The lowest BCUT2D eigenvalue weighted by atomic mass is 10.00. The van der Waals surface area contributed by atoms with E-state index in [4.69, 9.17) is 0 Å². The van der Waals surface area contributed by atoms with Gasteiger partial charge >= 0.3 is 0 Å². The largest absolute Gasteiger partial charge is 0.394 e. The Morgan fingerprint density at radius 3 is 2.74 bits per heavy atom. The van der Waals surface area contributed by atoms with Crippen LogP contribution in [0.2, 0.25) is 0 Å². The van der Waals surface area contributed by atoms with Gasteiger partial charge in [0.15, 0.2) is 6.54 Å². The molecule has 0 radical (unpaired) electrons. The van der Waals surface area contributed by atoms with Crippen molar-refractivity contribution in [2.24, 2.45) is 5.92 Å². The minimum Gasteiger partial charge on any atom is -0.394 e. The topological polar surface area (TPSA) is 58.1 Å². The molecule has 0 aliphatic carbocycles. The zero-order valence-electron chi connectivity index (χ0n) is 13.9. The third kappa shape index (κ3) is 5.21. The highest BCUT2D eigenvalue weighted by molar-refractivity contribution is 5.76. The van der Waals surface area contributed by atoms with Crippen LogP contribution in [0, 0.1) is 5.92 Å². The Morgan fingerprint density at radius 2 is 2.09 bits per heavy atom. The smallest absolute Gasteiger partial charge is 0.262 e. The fourth-order valence-corrected chi connectivity index (χ4v) is 2.49. The summed E-state index contributed by atoms with van der Waals surface area (Å²) in [5.74, 6) is 0.184. The van der Waals surface area contributed by atoms with E-state index in [1.165, 1.54) is 5.56 Å². The van der Waals surface area contributed by atoms with Gasteiger partial charge in [-0.1, -0.05) is 50.6 Å². The number of benzene rings is 1. The first-order chi connectivity index (χ1) is 11.1. The number of hydrogen-bond donors (Lipinski definition) is 2. The van der Waals surface area contributed by atoms with E-state index in [0.717, 1.165) is 13.0 Å². The predicted molar refractivity (Wildman–Crippen MR) is 88.6 cm³/mol. The Kier molecular flexibility index (Phi) is 6.35. The number of aromatic nitrogens is 2. The van der Waals surface area contributed by atoms with Gasteiger partial charge in [0.2, 0.25) is 6.33 Å². The standard InChI is InChI=1S/C18H25N3O2/c1-3-15(2)17(13-22)19-18(23)12-21-10-9-20(14-21)11-16-7-5-4-6-8-16/h4-10,14-15,17,22H,3,11-13H2,1-2H3/p+1/t15?,17-/m1/s1. The van der Waals surface area contributed by atoms with Crippen LogP contribution in [0.5, 0.6) is 0 Å². The fourth-order valence-electron chi connectivity index (χ4n) is 2.49. The maximum absolute atomic E-state index is 12.1. The van der Waals surface area contributed by atoms with Crippen LogP contribution in [0.25, 0.3) is 0 Å². The molecule has 5 heteroatoms. The molecule has 0 saturated heterocycles. The number of carbonyl (C=O) groups is 1. The summed E-state index contributed by atoms with van der Waals surface area (Å²) in [7, 11) is 0. The van der Waals surface area contributed by atoms with E-state index in [1.807, 2.05) is 53.0 Å². The Bertz CT molecular complexity index is 610. The maximum atomic E-state index is 12.1. The zero-order valence-corrected chi connectivity index (χ0v) is 13.9. The second-order valence-electron chi connectivity index (χ2n) is 5.99. The van der Waals surface area contributed by atoms with E-state index in [-0.39, 0.29) is 31.0 Å². The second-order valence-corrected chi connectivity index (χ2v) is 5.99. The van der Waals surface area contributed by atoms with Crippen molar-refractivity contribution in [3.05, 3.63) is 54.6 Å². The molecule has 1 aromatic heterocycles. The summed E-state index contributed by atoms with van der Waals surface area (Å²) in [5, 5.41) is 12.3. The van der Waals surface area contributed by atoms with Crippen molar-refractivity contribution < 1.29 is 14.5 Å². The number of aliphatic hydroxyl groups is 1. The van der Waals surface area contributed by atoms with Crippen LogP contribution in [0.4, 0.5) is 0 Å². The van der Waals surface area contributed by atoms with E-state index in [2.05, 4.69) is 24.4 Å². The van der Waals surface area contributed by atoms with Crippen molar-refractivity contribution in [3.8, 4) is 0 Å². The average Bonchev–Trinajstić information content (AvgIpc) is 2.99. The molecule has 1 heterocycles. The first-order valence-corrected chi connectivity index (χ1v) is 8.11. The van der Waals surface area contributed by atoms with Gasteiger partial charge in [-0.05, 0) is 11.5 Å². The van der Waals surface area contributed by atoms with Gasteiger partial charge in [0.05, 0.1) is 12.6 Å². The van der Waals surface area contributed by atoms with E-state index in [9.17, 15) is 9.90 Å². The van der Waals surface area contributed by atoms with Crippen molar-refractivity contribution in [2.75, 3.05) is 6.61 Å². The van der Waals surface area contributed by atoms with Crippen molar-refractivity contribution in [1.29, 1.82) is 0 Å². The van der Waals surface area contributed by atoms with Crippen molar-refractivity contribution in [3.63, 3.8) is 0 Å². The molecule has 23 heavy (non-hydrogen) atoms. The van der Waals surface area contributed by atoms with E-state index >= 15 is 0 Å². The number of imidazole rings is 1. The van der Waals surface area contributed by atoms with Crippen LogP contribution in [0.3, 0.4) is 0 Å². The van der Waals surface area contributed by atoms with Gasteiger partial charge < -0.3 is 10.4 Å². The van der Waals surface area contributed by atoms with Gasteiger partial charge in [-0.15, -0.1) is 0 Å². The summed E-state index contributed by atoms with van der Waals surface area (Å²) in [4.78, 5) is 12.1. The summed E-state index contributed by atoms with van der Waals surface area (Å²) in [6, 6.07) is 10.0. The number of hydrogen-bond acceptors (Lipinski definition) is 2. The van der Waals surface area contributed by atoms with Gasteiger partial charge in [0, 0.05) is 0 Å². The molecule has 0 bridgehead atoms. The lowest BCUT2D eigenvalue weighted by molar-refractivity contribution is -0.687. The minimum atomic E-state index is -0.181. The fraction of sp³-hybridized carbons (Fsp3) is 0.444. The number of rotatable bonds is 8. The van der Waals surface area contributed by atoms with Crippen LogP contribution in [-0.2, 0) is 17.9 Å². The molecule has 2 atom stereocenters. The van der Waals surface area contributed by atoms with Crippen LogP contribution in [0.1, 0.15) is 25.8 Å². The molecule has 124 valence electrons. The third-order valence-electron chi connectivity index (χ3n) is 4.15. The molecular formula is C18H26N3O2+. The number of aliphatic hydroxyl groups excluding tert-OH is 1. The lowest BCUT2D eigenvalue weighted by Crippen LogP contribution is -2.43. The highest BCUT2D eigenvalue weighted by Crippen LogP contribution is 2.06. The number of nitrogens with one attached hydrogen (secondary N) is 1. The Hall–Kier alpha value is -2.14. The average molecular weight is 316 g/mol. The predicted octanol–water partition coefficient (Wildman–Crippen LogP) is 1.35. The van der Waals surface area contributed by atoms with Gasteiger partial charge in [-0.3, -0.25) is 4.79 Å². The van der Waals surface area contributed by atoms with Crippen molar-refractivity contribution >= 4 is 5.91 Å². The Labute approximate surface area is 137 Å². The van der Waals surface area contributed by atoms with Crippen LogP contribution in [0.15, 0.2) is 49.1 Å². The summed E-state index contributed by atoms with van der Waals surface area (Å²) in [5.41, 5.74) is 1.22. The molecule has 1 unspecified atom stereocenters. The molecule has 0 aliphatic rings. The van der Waals surface area contributed by atoms with Crippen molar-refractivity contribution in [2.45, 2.75) is 39.4 Å². The number of carbonyl (C=O) groups excluding carboxylic acids is 1. The Balaban J connectivity index is 1.89. The molecule has 0 aliphatic heterocycles. The summed E-state index contributed by atoms with van der Waals surface area (Å²) < 4.78 is 3.89. The van der Waals surface area contributed by atoms with Crippen LogP contribution < -0.4 is 9.88 Å². The highest BCUT2D eigenvalue weighted by atomic mass is 16.3. The van der Waals surface area contributed by atoms with Gasteiger partial charge in [0.1, 0.15) is 18.9 Å². The molecule has 5 nitrogen and oxygen atoms in total. The first kappa shape index (κ1) is 17.2. The summed E-state index contributed by atoms with van der Waals surface area (Å²) >= 11 is 0. The molecule has 0 spiro atoms. The molecule has 1 aromatic carbocycles. The zero-order chi connectivity index (χ0) is 16.7. The minimum absolute atomic E-state index is 0.0273. The van der Waals surface area contributed by atoms with Crippen LogP contribution in [-0.4, -0.2) is 28.2 Å². The summed E-state index contributed by atoms with van der Waals surface area (Å²) in [6.45, 7) is 5.10. The normalized spacial score (nSPS) is 13.5. The van der Waals surface area contributed by atoms with Crippen molar-refractivity contribution in [1.82, 2.24) is 9.88 Å². The molecule has 2 N–H and O–H groups in total. The summed E-state index contributed by atoms with van der Waals surface area (Å²) in [6.07, 6.45) is 6.69. The molecule has 1 amide bonds. The van der Waals surface area contributed by atoms with Gasteiger partial charge in [0.25, 0.3) is 5.91 Å². The maximum Gasteiger partial charge on any atom is 0.262 e. The molecule has 0 fully saturated rings. The van der Waals surface area contributed by atoms with Gasteiger partial charge in [-0.2, -0.15) is 0 Å². The number of nitrogens with zero attached hydrogens (tertiary/aromatic N) is 2. The molecule has 2 rings (SSSR count). The lowest BCUT2D eigenvalue weighted by Gasteiger charge is -2.21.